The van der Waals surface area contributed by atoms with E-state index < -0.39 is 0 Å². The lowest BCUT2D eigenvalue weighted by molar-refractivity contribution is -0.108. The van der Waals surface area contributed by atoms with Crippen LogP contribution in [0.15, 0.2) is 22.7 Å². The number of halogens is 1. The molecule has 3 nitrogen and oxygen atoms in total. The summed E-state index contributed by atoms with van der Waals surface area (Å²) in [6.07, 6.45) is 8.08. The number of nitrogens with two attached hydrogens (primary N) is 1. The Morgan fingerprint density at radius 3 is 2.90 bits per heavy atom. The number of para-hydroxylation sites is 1. The molecule has 1 spiro atoms. The quantitative estimate of drug-likeness (QED) is 0.894. The highest BCUT2D eigenvalue weighted by molar-refractivity contribution is 9.10. The lowest BCUT2D eigenvalue weighted by atomic mass is 9.90. The first-order valence-corrected chi connectivity index (χ1v) is 8.80. The average Bonchev–Trinajstić information content (AvgIpc) is 2.91. The summed E-state index contributed by atoms with van der Waals surface area (Å²) in [5.74, 6) is 0.975. The van der Waals surface area contributed by atoms with E-state index in [1.165, 1.54) is 31.2 Å². The second kappa shape index (κ2) is 6.67. The van der Waals surface area contributed by atoms with Crippen molar-refractivity contribution in [3.8, 4) is 5.75 Å². The predicted molar refractivity (Wildman–Crippen MR) is 87.7 cm³/mol. The average molecular weight is 354 g/mol. The van der Waals surface area contributed by atoms with Gasteiger partial charge in [0.25, 0.3) is 0 Å². The molecule has 1 aliphatic carbocycles. The third kappa shape index (κ3) is 3.43. The van der Waals surface area contributed by atoms with Gasteiger partial charge < -0.3 is 15.2 Å². The van der Waals surface area contributed by atoms with E-state index in [1.54, 1.807) is 0 Å². The Kier molecular flexibility index (Phi) is 4.87. The minimum Gasteiger partial charge on any atom is -0.489 e. The first-order chi connectivity index (χ1) is 10.2. The molecule has 2 N–H and O–H groups in total. The summed E-state index contributed by atoms with van der Waals surface area (Å²) in [4.78, 5) is 0. The van der Waals surface area contributed by atoms with Crippen molar-refractivity contribution in [1.29, 1.82) is 0 Å². The zero-order valence-corrected chi connectivity index (χ0v) is 14.0. The monoisotopic (exact) mass is 353 g/mol. The van der Waals surface area contributed by atoms with E-state index in [-0.39, 0.29) is 11.7 Å². The van der Waals surface area contributed by atoms with Gasteiger partial charge in [-0.15, -0.1) is 0 Å². The van der Waals surface area contributed by atoms with Gasteiger partial charge in [-0.25, -0.2) is 0 Å². The summed E-state index contributed by atoms with van der Waals surface area (Å²) >= 11 is 3.62. The maximum Gasteiger partial charge on any atom is 0.137 e. The molecule has 0 bridgehead atoms. The molecule has 0 radical (unpaired) electrons. The van der Waals surface area contributed by atoms with Crippen molar-refractivity contribution in [2.75, 3.05) is 13.2 Å². The fourth-order valence-electron chi connectivity index (χ4n) is 3.66. The number of hydrogen-bond donors (Lipinski definition) is 1. The van der Waals surface area contributed by atoms with Crippen molar-refractivity contribution in [1.82, 2.24) is 0 Å². The Bertz CT molecular complexity index is 486. The maximum atomic E-state index is 6.37. The lowest BCUT2D eigenvalue weighted by Gasteiger charge is -2.38. The van der Waals surface area contributed by atoms with Crippen molar-refractivity contribution in [3.63, 3.8) is 0 Å². The van der Waals surface area contributed by atoms with E-state index in [0.717, 1.165) is 36.1 Å². The number of hydrogen-bond acceptors (Lipinski definition) is 3. The number of ether oxygens (including phenoxy) is 2. The predicted octanol–water partition coefficient (Wildman–Crippen LogP) is 3.82. The smallest absolute Gasteiger partial charge is 0.137 e. The van der Waals surface area contributed by atoms with E-state index >= 15 is 0 Å². The number of rotatable bonds is 4. The summed E-state index contributed by atoms with van der Waals surface area (Å²) in [5.41, 5.74) is 7.01. The topological polar surface area (TPSA) is 44.5 Å². The standard InChI is InChI=1S/C17H24BrNO2/c18-15-5-3-4-13(6-10-19)16(15)21-14-7-11-20-17(12-14)8-1-2-9-17/h3-5,14H,1-2,6-12,19H2. The SMILES string of the molecule is NCCc1cccc(Br)c1OC1CCOC2(CCCC2)C1. The summed E-state index contributed by atoms with van der Waals surface area (Å²) < 4.78 is 13.5. The molecule has 116 valence electrons. The van der Waals surface area contributed by atoms with Crippen molar-refractivity contribution < 1.29 is 9.47 Å². The highest BCUT2D eigenvalue weighted by atomic mass is 79.9. The fourth-order valence-corrected chi connectivity index (χ4v) is 4.16. The molecule has 1 atom stereocenters. The molecule has 1 saturated carbocycles. The molecule has 21 heavy (non-hydrogen) atoms. The minimum atomic E-state index is 0.0954. The molecule has 0 aromatic heterocycles. The van der Waals surface area contributed by atoms with Crippen molar-refractivity contribution in [2.24, 2.45) is 5.73 Å². The zero-order chi connectivity index (χ0) is 14.7. The zero-order valence-electron chi connectivity index (χ0n) is 12.4. The third-order valence-electron chi connectivity index (χ3n) is 4.71. The third-order valence-corrected chi connectivity index (χ3v) is 5.33. The molecule has 2 aliphatic rings. The van der Waals surface area contributed by atoms with Crippen LogP contribution < -0.4 is 10.5 Å². The van der Waals surface area contributed by atoms with Gasteiger partial charge in [-0.1, -0.05) is 25.0 Å². The van der Waals surface area contributed by atoms with Crippen LogP contribution in [0.5, 0.6) is 5.75 Å². The van der Waals surface area contributed by atoms with Gasteiger partial charge in [0.05, 0.1) is 16.7 Å². The van der Waals surface area contributed by atoms with E-state index in [1.807, 2.05) is 12.1 Å². The second-order valence-corrected chi connectivity index (χ2v) is 7.09. The van der Waals surface area contributed by atoms with Crippen LogP contribution in [0.4, 0.5) is 0 Å². The van der Waals surface area contributed by atoms with Crippen LogP contribution in [0.1, 0.15) is 44.1 Å². The van der Waals surface area contributed by atoms with E-state index in [0.29, 0.717) is 6.54 Å². The van der Waals surface area contributed by atoms with Crippen molar-refractivity contribution >= 4 is 15.9 Å². The summed E-state index contributed by atoms with van der Waals surface area (Å²) in [6, 6.07) is 6.20. The van der Waals surface area contributed by atoms with Crippen molar-refractivity contribution in [3.05, 3.63) is 28.2 Å². The molecule has 1 saturated heterocycles. The van der Waals surface area contributed by atoms with Crippen molar-refractivity contribution in [2.45, 2.75) is 56.7 Å². The summed E-state index contributed by atoms with van der Waals surface area (Å²) in [6.45, 7) is 1.46. The second-order valence-electron chi connectivity index (χ2n) is 6.24. The summed E-state index contributed by atoms with van der Waals surface area (Å²) in [5, 5.41) is 0. The Hall–Kier alpha value is -0.580. The van der Waals surface area contributed by atoms with Gasteiger partial charge in [0.1, 0.15) is 11.9 Å². The molecular weight excluding hydrogens is 330 g/mol. The summed E-state index contributed by atoms with van der Waals surface area (Å²) in [7, 11) is 0. The van der Waals surface area contributed by atoms with Crippen LogP contribution in [0, 0.1) is 0 Å². The van der Waals surface area contributed by atoms with Gasteiger partial charge in [-0.3, -0.25) is 0 Å². The largest absolute Gasteiger partial charge is 0.489 e. The molecule has 1 aliphatic heterocycles. The van der Waals surface area contributed by atoms with Crippen LogP contribution in [-0.4, -0.2) is 24.9 Å². The highest BCUT2D eigenvalue weighted by Crippen LogP contribution is 2.42. The molecule has 1 unspecified atom stereocenters. The van der Waals surface area contributed by atoms with Crippen LogP contribution >= 0.6 is 15.9 Å². The van der Waals surface area contributed by atoms with Gasteiger partial charge in [0.2, 0.25) is 0 Å². The molecule has 3 rings (SSSR count). The minimum absolute atomic E-state index is 0.0954. The van der Waals surface area contributed by atoms with Gasteiger partial charge in [0.15, 0.2) is 0 Å². The highest BCUT2D eigenvalue weighted by Gasteiger charge is 2.40. The first-order valence-electron chi connectivity index (χ1n) is 8.00. The first kappa shape index (κ1) is 15.3. The molecule has 1 heterocycles. The van der Waals surface area contributed by atoms with E-state index in [9.17, 15) is 0 Å². The van der Waals surface area contributed by atoms with E-state index in [4.69, 9.17) is 15.2 Å². The molecule has 1 aromatic carbocycles. The Morgan fingerprint density at radius 2 is 2.14 bits per heavy atom. The molecular formula is C17H24BrNO2. The van der Waals surface area contributed by atoms with Crippen LogP contribution in [0.25, 0.3) is 0 Å². The lowest BCUT2D eigenvalue weighted by Crippen LogP contribution is -2.41. The Labute approximate surface area is 135 Å². The normalized spacial score (nSPS) is 24.4. The van der Waals surface area contributed by atoms with Crippen LogP contribution in [0.3, 0.4) is 0 Å². The molecule has 2 fully saturated rings. The van der Waals surface area contributed by atoms with E-state index in [2.05, 4.69) is 22.0 Å². The molecule has 0 amide bonds. The molecule has 4 heteroatoms. The Morgan fingerprint density at radius 1 is 1.33 bits per heavy atom. The fraction of sp³-hybridized carbons (Fsp3) is 0.647. The van der Waals surface area contributed by atoms with Gasteiger partial charge in [0, 0.05) is 12.8 Å². The number of benzene rings is 1. The Balaban J connectivity index is 1.74. The van der Waals surface area contributed by atoms with Crippen LogP contribution in [-0.2, 0) is 11.2 Å². The van der Waals surface area contributed by atoms with Gasteiger partial charge >= 0.3 is 0 Å². The van der Waals surface area contributed by atoms with Crippen LogP contribution in [0.2, 0.25) is 0 Å². The maximum absolute atomic E-state index is 6.37. The van der Waals surface area contributed by atoms with Gasteiger partial charge in [-0.2, -0.15) is 0 Å². The van der Waals surface area contributed by atoms with Gasteiger partial charge in [-0.05, 0) is 53.4 Å². The molecule has 1 aromatic rings.